The lowest BCUT2D eigenvalue weighted by Gasteiger charge is -2.14. The molecule has 0 fully saturated rings. The molecule has 0 aromatic heterocycles. The van der Waals surface area contributed by atoms with E-state index in [4.69, 9.17) is 28.3 Å². The van der Waals surface area contributed by atoms with E-state index in [1.807, 2.05) is 0 Å². The molecule has 2 aromatic rings. The monoisotopic (exact) mass is 398 g/mol. The van der Waals surface area contributed by atoms with Gasteiger partial charge in [-0.3, -0.25) is 14.9 Å². The van der Waals surface area contributed by atoms with E-state index >= 15 is 0 Å². The molecule has 26 heavy (non-hydrogen) atoms. The summed E-state index contributed by atoms with van der Waals surface area (Å²) < 4.78 is 0. The van der Waals surface area contributed by atoms with Gasteiger partial charge in [0.25, 0.3) is 5.69 Å². The minimum Gasteiger partial charge on any atom is -0.395 e. The van der Waals surface area contributed by atoms with Gasteiger partial charge in [-0.15, -0.1) is 0 Å². The first-order valence-corrected chi connectivity index (χ1v) is 8.29. The van der Waals surface area contributed by atoms with Crippen molar-refractivity contribution in [1.82, 2.24) is 0 Å². The molecule has 0 heterocycles. The Morgan fingerprint density at radius 2 is 1.88 bits per heavy atom. The molecule has 10 heteroatoms. The summed E-state index contributed by atoms with van der Waals surface area (Å²) in [7, 11) is 0. The maximum atomic E-state index is 12.1. The molecule has 0 saturated carbocycles. The second-order valence-electron chi connectivity index (χ2n) is 5.14. The zero-order valence-electron chi connectivity index (χ0n) is 13.5. The first-order chi connectivity index (χ1) is 12.4. The number of nitro groups is 1. The number of carbonyl (C=O) groups is 1. The number of hydrogen-bond donors (Lipinski definition) is 4. The minimum absolute atomic E-state index is 0.107. The quantitative estimate of drug-likeness (QED) is 0.400. The Morgan fingerprint density at radius 1 is 1.12 bits per heavy atom. The van der Waals surface area contributed by atoms with Gasteiger partial charge in [-0.05, 0) is 18.2 Å². The molecule has 2 rings (SSSR count). The summed E-state index contributed by atoms with van der Waals surface area (Å²) in [5.41, 5.74) is 1.13. The number of anilines is 3. The van der Waals surface area contributed by atoms with Crippen molar-refractivity contribution in [2.75, 3.05) is 35.6 Å². The first-order valence-electron chi connectivity index (χ1n) is 7.53. The summed E-state index contributed by atoms with van der Waals surface area (Å²) >= 11 is 11.9. The second kappa shape index (κ2) is 9.23. The van der Waals surface area contributed by atoms with Crippen molar-refractivity contribution in [2.24, 2.45) is 0 Å². The number of halogens is 2. The third kappa shape index (κ3) is 5.22. The standard InChI is InChI=1S/C16H16Cl2N4O4/c17-11-2-1-3-13(16(11)18)21-15(24)9-20-14-8-10(22(25)26)4-5-12(14)19-6-7-23/h1-5,8,19-20,23H,6-7,9H2,(H,21,24). The van der Waals surface area contributed by atoms with Crippen LogP contribution in [0.2, 0.25) is 10.0 Å². The van der Waals surface area contributed by atoms with Crippen molar-refractivity contribution in [3.63, 3.8) is 0 Å². The highest BCUT2D eigenvalue weighted by atomic mass is 35.5. The fourth-order valence-electron chi connectivity index (χ4n) is 2.11. The topological polar surface area (TPSA) is 117 Å². The Kier molecular flexibility index (Phi) is 7.02. The number of hydrogen-bond acceptors (Lipinski definition) is 6. The predicted molar refractivity (Wildman–Crippen MR) is 102 cm³/mol. The Morgan fingerprint density at radius 3 is 2.58 bits per heavy atom. The molecule has 0 atom stereocenters. The van der Waals surface area contributed by atoms with Gasteiger partial charge < -0.3 is 21.1 Å². The first kappa shape index (κ1) is 19.8. The fraction of sp³-hybridized carbons (Fsp3) is 0.188. The molecule has 0 aliphatic carbocycles. The van der Waals surface area contributed by atoms with E-state index in [1.54, 1.807) is 18.2 Å². The molecule has 2 aromatic carbocycles. The van der Waals surface area contributed by atoms with E-state index in [-0.39, 0.29) is 30.4 Å². The van der Waals surface area contributed by atoms with E-state index in [1.165, 1.54) is 18.2 Å². The van der Waals surface area contributed by atoms with Gasteiger partial charge in [-0.25, -0.2) is 0 Å². The van der Waals surface area contributed by atoms with Crippen LogP contribution >= 0.6 is 23.2 Å². The molecule has 0 saturated heterocycles. The lowest BCUT2D eigenvalue weighted by molar-refractivity contribution is -0.384. The zero-order chi connectivity index (χ0) is 19.1. The SMILES string of the molecule is O=C(CNc1cc([N+](=O)[O-])ccc1NCCO)Nc1cccc(Cl)c1Cl. The Balaban J connectivity index is 2.09. The van der Waals surface area contributed by atoms with Crippen LogP contribution in [-0.2, 0) is 4.79 Å². The van der Waals surface area contributed by atoms with Gasteiger partial charge in [0.15, 0.2) is 0 Å². The number of aliphatic hydroxyl groups excluding tert-OH is 1. The lowest BCUT2D eigenvalue weighted by atomic mass is 10.2. The molecule has 138 valence electrons. The van der Waals surface area contributed by atoms with Gasteiger partial charge in [0.1, 0.15) is 0 Å². The largest absolute Gasteiger partial charge is 0.395 e. The van der Waals surface area contributed by atoms with Crippen LogP contribution < -0.4 is 16.0 Å². The van der Waals surface area contributed by atoms with Crippen molar-refractivity contribution < 1.29 is 14.8 Å². The van der Waals surface area contributed by atoms with Crippen molar-refractivity contribution >= 4 is 51.9 Å². The van der Waals surface area contributed by atoms with E-state index in [0.717, 1.165) is 0 Å². The summed E-state index contributed by atoms with van der Waals surface area (Å²) in [5, 5.41) is 28.7. The molecule has 1 amide bonds. The van der Waals surface area contributed by atoms with Crippen molar-refractivity contribution in [3.05, 3.63) is 56.6 Å². The van der Waals surface area contributed by atoms with Crippen LogP contribution in [0.1, 0.15) is 0 Å². The number of aliphatic hydroxyl groups is 1. The number of non-ortho nitro benzene ring substituents is 1. The van der Waals surface area contributed by atoms with Gasteiger partial charge in [0, 0.05) is 18.7 Å². The van der Waals surface area contributed by atoms with Gasteiger partial charge in [-0.2, -0.15) is 0 Å². The van der Waals surface area contributed by atoms with Crippen LogP contribution in [0.3, 0.4) is 0 Å². The second-order valence-corrected chi connectivity index (χ2v) is 5.93. The predicted octanol–water partition coefficient (Wildman–Crippen LogP) is 3.36. The summed E-state index contributed by atoms with van der Waals surface area (Å²) in [6.07, 6.45) is 0. The number of rotatable bonds is 8. The van der Waals surface area contributed by atoms with Crippen LogP contribution in [-0.4, -0.2) is 35.6 Å². The van der Waals surface area contributed by atoms with Crippen LogP contribution in [0.5, 0.6) is 0 Å². The van der Waals surface area contributed by atoms with E-state index in [9.17, 15) is 14.9 Å². The minimum atomic E-state index is -0.535. The molecular formula is C16H16Cl2N4O4. The molecule has 8 nitrogen and oxygen atoms in total. The van der Waals surface area contributed by atoms with Gasteiger partial charge in [0.05, 0.1) is 45.2 Å². The Hall–Kier alpha value is -2.55. The normalized spacial score (nSPS) is 10.3. The molecular weight excluding hydrogens is 383 g/mol. The highest BCUT2D eigenvalue weighted by molar-refractivity contribution is 6.44. The molecule has 0 aliphatic heterocycles. The number of nitro benzene ring substituents is 1. The molecule has 0 aliphatic rings. The Labute approximate surface area is 159 Å². The van der Waals surface area contributed by atoms with Crippen LogP contribution in [0.25, 0.3) is 0 Å². The van der Waals surface area contributed by atoms with Crippen molar-refractivity contribution in [1.29, 1.82) is 0 Å². The highest BCUT2D eigenvalue weighted by Crippen LogP contribution is 2.30. The van der Waals surface area contributed by atoms with E-state index in [2.05, 4.69) is 16.0 Å². The lowest BCUT2D eigenvalue weighted by Crippen LogP contribution is -2.22. The number of carbonyl (C=O) groups excluding carboxylic acids is 1. The Bertz CT molecular complexity index is 817. The molecule has 4 N–H and O–H groups in total. The third-order valence-corrected chi connectivity index (χ3v) is 4.13. The fourth-order valence-corrected chi connectivity index (χ4v) is 2.45. The summed E-state index contributed by atoms with van der Waals surface area (Å²) in [6.45, 7) is -0.00119. The summed E-state index contributed by atoms with van der Waals surface area (Å²) in [5.74, 6) is -0.409. The van der Waals surface area contributed by atoms with E-state index < -0.39 is 10.8 Å². The summed E-state index contributed by atoms with van der Waals surface area (Å²) in [4.78, 5) is 22.5. The van der Waals surface area contributed by atoms with Crippen LogP contribution in [0, 0.1) is 10.1 Å². The highest BCUT2D eigenvalue weighted by Gasteiger charge is 2.13. The van der Waals surface area contributed by atoms with Gasteiger partial charge in [-0.1, -0.05) is 29.3 Å². The zero-order valence-corrected chi connectivity index (χ0v) is 15.0. The van der Waals surface area contributed by atoms with Crippen molar-refractivity contribution in [3.8, 4) is 0 Å². The number of amides is 1. The molecule has 0 unspecified atom stereocenters. The smallest absolute Gasteiger partial charge is 0.271 e. The summed E-state index contributed by atoms with van der Waals surface area (Å²) in [6, 6.07) is 8.99. The van der Waals surface area contributed by atoms with Crippen LogP contribution in [0.4, 0.5) is 22.7 Å². The van der Waals surface area contributed by atoms with Crippen LogP contribution in [0.15, 0.2) is 36.4 Å². The average molecular weight is 399 g/mol. The average Bonchev–Trinajstić information content (AvgIpc) is 2.62. The maximum Gasteiger partial charge on any atom is 0.271 e. The molecule has 0 spiro atoms. The maximum absolute atomic E-state index is 12.1. The molecule has 0 bridgehead atoms. The third-order valence-electron chi connectivity index (χ3n) is 3.31. The van der Waals surface area contributed by atoms with Crippen molar-refractivity contribution in [2.45, 2.75) is 0 Å². The van der Waals surface area contributed by atoms with E-state index in [0.29, 0.717) is 22.1 Å². The van der Waals surface area contributed by atoms with Gasteiger partial charge in [0.2, 0.25) is 5.91 Å². The molecule has 0 radical (unpaired) electrons. The van der Waals surface area contributed by atoms with Gasteiger partial charge >= 0.3 is 0 Å². The number of nitrogens with zero attached hydrogens (tertiary/aromatic N) is 1. The number of nitrogens with one attached hydrogen (secondary N) is 3. The number of benzene rings is 2.